The van der Waals surface area contributed by atoms with E-state index in [1.807, 2.05) is 0 Å². The summed E-state index contributed by atoms with van der Waals surface area (Å²) in [6.45, 7) is 0. The molecule has 0 fully saturated rings. The predicted molar refractivity (Wildman–Crippen MR) is 21.9 cm³/mol. The Kier molecular flexibility index (Phi) is 1.84. The molecule has 0 aromatic rings. The fraction of sp³-hybridized carbons (Fsp3) is 0. The lowest BCUT2D eigenvalue weighted by Gasteiger charge is -1.71. The molecule has 5 heavy (non-hydrogen) atoms. The van der Waals surface area contributed by atoms with E-state index in [-0.39, 0.29) is 0 Å². The van der Waals surface area contributed by atoms with Crippen molar-refractivity contribution in [1.82, 2.24) is 0 Å². The molecular formula is C2H5O2Si. The van der Waals surface area contributed by atoms with Crippen molar-refractivity contribution in [2.45, 2.75) is 0 Å². The molecule has 0 bridgehead atoms. The first-order valence-corrected chi connectivity index (χ1v) is 2.45. The second kappa shape index (κ2) is 1.96. The Balaban J connectivity index is 2.85. The third-order valence-corrected chi connectivity index (χ3v) is 0.741. The third-order valence-electron chi connectivity index (χ3n) is 0.247. The van der Waals surface area contributed by atoms with E-state index in [2.05, 4.69) is 0 Å². The molecule has 0 aliphatic heterocycles. The molecule has 29 valence electrons. The first-order valence-electron chi connectivity index (χ1n) is 1.29. The van der Waals surface area contributed by atoms with Crippen molar-refractivity contribution in [2.24, 2.45) is 0 Å². The lowest BCUT2D eigenvalue weighted by molar-refractivity contribution is -0.132. The van der Waals surface area contributed by atoms with Crippen molar-refractivity contribution < 1.29 is 9.90 Å². The molecule has 0 aromatic heterocycles. The van der Waals surface area contributed by atoms with Gasteiger partial charge in [-0.25, -0.2) is 0 Å². The van der Waals surface area contributed by atoms with Crippen LogP contribution in [0.15, 0.2) is 0 Å². The van der Waals surface area contributed by atoms with Crippen molar-refractivity contribution >= 4 is 16.2 Å². The largest absolute Gasteiger partial charge is 0.481 e. The van der Waals surface area contributed by atoms with Crippen LogP contribution in [0.1, 0.15) is 0 Å². The molecule has 0 aromatic carbocycles. The molecule has 0 saturated carbocycles. The molecular weight excluding hydrogens is 84.1 g/mol. The molecule has 0 aliphatic rings. The van der Waals surface area contributed by atoms with Crippen LogP contribution < -0.4 is 0 Å². The topological polar surface area (TPSA) is 37.3 Å². The zero-order valence-electron chi connectivity index (χ0n) is 2.93. The van der Waals surface area contributed by atoms with E-state index in [9.17, 15) is 4.79 Å². The van der Waals surface area contributed by atoms with Gasteiger partial charge in [0, 0.05) is 10.2 Å². The average Bonchev–Trinajstić information content (AvgIpc) is 1.38. The van der Waals surface area contributed by atoms with Gasteiger partial charge in [0.2, 0.25) is 0 Å². The van der Waals surface area contributed by atoms with Crippen molar-refractivity contribution in [2.75, 3.05) is 0 Å². The zero-order chi connectivity index (χ0) is 4.28. The van der Waals surface area contributed by atoms with Crippen molar-refractivity contribution in [3.8, 4) is 0 Å². The van der Waals surface area contributed by atoms with Crippen LogP contribution in [0.3, 0.4) is 0 Å². The maximum absolute atomic E-state index is 9.35. The molecule has 0 rings (SSSR count). The summed E-state index contributed by atoms with van der Waals surface area (Å²) in [5.74, 6) is -0.809. The van der Waals surface area contributed by atoms with E-state index < -0.39 is 5.97 Å². The van der Waals surface area contributed by atoms with Crippen molar-refractivity contribution in [3.05, 3.63) is 6.04 Å². The Hall–Kier alpha value is -0.313. The zero-order valence-corrected chi connectivity index (χ0v) is 4.93. The molecule has 0 heterocycles. The highest BCUT2D eigenvalue weighted by atomic mass is 28.1. The fourth-order valence-corrected chi connectivity index (χ4v) is 0. The van der Waals surface area contributed by atoms with Gasteiger partial charge in [0.05, 0.1) is 6.04 Å². The highest BCUT2D eigenvalue weighted by Gasteiger charge is 1.81. The Morgan fingerprint density at radius 2 is 2.20 bits per heavy atom. The molecule has 0 unspecified atom stereocenters. The van der Waals surface area contributed by atoms with E-state index in [1.54, 1.807) is 0 Å². The monoisotopic (exact) mass is 89.0 g/mol. The molecule has 2 nitrogen and oxygen atoms in total. The van der Waals surface area contributed by atoms with E-state index >= 15 is 0 Å². The highest BCUT2D eigenvalue weighted by molar-refractivity contribution is 6.26. The summed E-state index contributed by atoms with van der Waals surface area (Å²) in [5, 5.41) is 7.70. The van der Waals surface area contributed by atoms with Crippen LogP contribution in [-0.4, -0.2) is 21.3 Å². The fourth-order valence-electron chi connectivity index (χ4n) is 0. The van der Waals surface area contributed by atoms with Gasteiger partial charge >= 0.3 is 5.97 Å². The molecule has 0 amide bonds. The summed E-state index contributed by atoms with van der Waals surface area (Å²) in [6, 6.07) is 1.22. The summed E-state index contributed by atoms with van der Waals surface area (Å²) in [7, 11) is 0.649. The summed E-state index contributed by atoms with van der Waals surface area (Å²) in [5.41, 5.74) is 0. The summed E-state index contributed by atoms with van der Waals surface area (Å²) in [4.78, 5) is 9.35. The van der Waals surface area contributed by atoms with Crippen molar-refractivity contribution in [3.63, 3.8) is 0 Å². The van der Waals surface area contributed by atoms with Gasteiger partial charge in [-0.3, -0.25) is 4.79 Å². The predicted octanol–water partition coefficient (Wildman–Crippen LogP) is -1.40. The number of carbonyl (C=O) groups is 1. The van der Waals surface area contributed by atoms with Gasteiger partial charge in [0.1, 0.15) is 0 Å². The SMILES string of the molecule is O=C(O)[CH][SiH3]. The van der Waals surface area contributed by atoms with Gasteiger partial charge in [-0.15, -0.1) is 0 Å². The van der Waals surface area contributed by atoms with Crippen molar-refractivity contribution in [1.29, 1.82) is 0 Å². The molecule has 0 atom stereocenters. The van der Waals surface area contributed by atoms with Gasteiger partial charge in [-0.05, 0) is 0 Å². The number of aliphatic carboxylic acids is 1. The summed E-state index contributed by atoms with van der Waals surface area (Å²) >= 11 is 0. The first kappa shape index (κ1) is 4.69. The number of carboxylic acid groups (broad SMARTS) is 1. The quantitative estimate of drug-likeness (QED) is 0.401. The van der Waals surface area contributed by atoms with Crippen LogP contribution in [-0.2, 0) is 4.79 Å². The van der Waals surface area contributed by atoms with E-state index in [0.717, 1.165) is 0 Å². The molecule has 1 N–H and O–H groups in total. The molecule has 3 heteroatoms. The maximum Gasteiger partial charge on any atom is 0.303 e. The Bertz CT molecular complexity index is 42.9. The number of rotatable bonds is 1. The molecule has 0 saturated heterocycles. The van der Waals surface area contributed by atoms with Crippen LogP contribution in [0.25, 0.3) is 0 Å². The van der Waals surface area contributed by atoms with Gasteiger partial charge in [0.15, 0.2) is 0 Å². The minimum atomic E-state index is -0.809. The highest BCUT2D eigenvalue weighted by Crippen LogP contribution is 1.57. The van der Waals surface area contributed by atoms with E-state index in [0.29, 0.717) is 10.2 Å². The van der Waals surface area contributed by atoms with Gasteiger partial charge < -0.3 is 5.11 Å². The minimum absolute atomic E-state index is 0.649. The summed E-state index contributed by atoms with van der Waals surface area (Å²) in [6.07, 6.45) is 0. The lowest BCUT2D eigenvalue weighted by Crippen LogP contribution is -1.92. The Morgan fingerprint density at radius 3 is 2.20 bits per heavy atom. The second-order valence-corrected chi connectivity index (χ2v) is 1.20. The first-order chi connectivity index (χ1) is 2.27. The van der Waals surface area contributed by atoms with E-state index in [1.165, 1.54) is 6.04 Å². The van der Waals surface area contributed by atoms with E-state index in [4.69, 9.17) is 5.11 Å². The number of hydrogen-bond donors (Lipinski definition) is 1. The standard InChI is InChI=1S/C2H5O2Si/c3-2(4)1-5/h1H,5H3,(H,3,4). The maximum atomic E-state index is 9.35. The molecule has 0 spiro atoms. The van der Waals surface area contributed by atoms with Gasteiger partial charge in [0.25, 0.3) is 0 Å². The number of carboxylic acids is 1. The average molecular weight is 89.1 g/mol. The minimum Gasteiger partial charge on any atom is -0.481 e. The number of hydrogen-bond acceptors (Lipinski definition) is 1. The van der Waals surface area contributed by atoms with Crippen LogP contribution in [0.2, 0.25) is 0 Å². The Labute approximate surface area is 33.2 Å². The molecule has 0 aliphatic carbocycles. The smallest absolute Gasteiger partial charge is 0.303 e. The van der Waals surface area contributed by atoms with Gasteiger partial charge in [-0.2, -0.15) is 0 Å². The van der Waals surface area contributed by atoms with Crippen LogP contribution in [0, 0.1) is 6.04 Å². The second-order valence-electron chi connectivity index (χ2n) is 0.627. The van der Waals surface area contributed by atoms with Crippen LogP contribution in [0.4, 0.5) is 0 Å². The molecule has 1 radical (unpaired) electrons. The summed E-state index contributed by atoms with van der Waals surface area (Å²) < 4.78 is 0. The normalized spacial score (nSPS) is 8.00. The lowest BCUT2D eigenvalue weighted by atomic mass is 10.8. The van der Waals surface area contributed by atoms with Crippen LogP contribution >= 0.6 is 0 Å². The Morgan fingerprint density at radius 1 is 2.00 bits per heavy atom. The van der Waals surface area contributed by atoms with Crippen LogP contribution in [0.5, 0.6) is 0 Å². The van der Waals surface area contributed by atoms with Gasteiger partial charge in [-0.1, -0.05) is 0 Å². The third kappa shape index (κ3) is 3.69.